The molecule has 0 radical (unpaired) electrons. The molecule has 1 saturated heterocycles. The van der Waals surface area contributed by atoms with Crippen molar-refractivity contribution in [3.05, 3.63) is 29.8 Å². The Morgan fingerprint density at radius 3 is 2.70 bits per heavy atom. The molecule has 0 aliphatic carbocycles. The normalized spacial score (nSPS) is 21.1. The zero-order chi connectivity index (χ0) is 14.4. The summed E-state index contributed by atoms with van der Waals surface area (Å²) in [5, 5.41) is 10.4. The van der Waals surface area contributed by atoms with Crippen LogP contribution in [-0.4, -0.2) is 35.7 Å². The maximum absolute atomic E-state index is 10.4. The van der Waals surface area contributed by atoms with Crippen molar-refractivity contribution < 1.29 is 9.84 Å². The fourth-order valence-electron chi connectivity index (χ4n) is 2.93. The van der Waals surface area contributed by atoms with Crippen molar-refractivity contribution in [3.8, 4) is 5.75 Å². The lowest BCUT2D eigenvalue weighted by Gasteiger charge is -2.26. The second kappa shape index (κ2) is 7.65. The molecule has 1 heterocycles. The van der Waals surface area contributed by atoms with Crippen molar-refractivity contribution in [2.24, 2.45) is 0 Å². The summed E-state index contributed by atoms with van der Waals surface area (Å²) in [7, 11) is 0. The molecular formula is C17H27NO2. The predicted octanol–water partition coefficient (Wildman–Crippen LogP) is 3.38. The van der Waals surface area contributed by atoms with E-state index in [2.05, 4.69) is 18.7 Å². The zero-order valence-electron chi connectivity index (χ0n) is 12.7. The fourth-order valence-corrected chi connectivity index (χ4v) is 2.93. The van der Waals surface area contributed by atoms with Crippen LogP contribution in [0.4, 0.5) is 0 Å². The van der Waals surface area contributed by atoms with Gasteiger partial charge in [-0.25, -0.2) is 0 Å². The van der Waals surface area contributed by atoms with E-state index in [1.807, 2.05) is 24.3 Å². The van der Waals surface area contributed by atoms with Crippen molar-refractivity contribution in [2.45, 2.75) is 51.7 Å². The molecule has 112 valence electrons. The molecule has 1 aliphatic heterocycles. The number of β-amino-alcohol motifs (C(OH)–C–C–N with tert-alkyl or cyclic N) is 1. The minimum absolute atomic E-state index is 0.401. The molecule has 0 aromatic heterocycles. The SMILES string of the molecule is CCCOc1ccc(C(O)CN2CCCC2CC)cc1. The molecule has 3 nitrogen and oxygen atoms in total. The van der Waals surface area contributed by atoms with E-state index in [4.69, 9.17) is 4.74 Å². The Labute approximate surface area is 122 Å². The van der Waals surface area contributed by atoms with Crippen LogP contribution in [0.1, 0.15) is 51.2 Å². The summed E-state index contributed by atoms with van der Waals surface area (Å²) in [6, 6.07) is 8.52. The van der Waals surface area contributed by atoms with Crippen LogP contribution in [0.3, 0.4) is 0 Å². The van der Waals surface area contributed by atoms with Gasteiger partial charge in [-0.3, -0.25) is 4.90 Å². The summed E-state index contributed by atoms with van der Waals surface area (Å²) in [5.74, 6) is 0.885. The molecule has 1 N–H and O–H groups in total. The summed E-state index contributed by atoms with van der Waals surface area (Å²) in [6.07, 6.45) is 4.32. The molecule has 0 saturated carbocycles. The second-order valence-electron chi connectivity index (χ2n) is 5.63. The smallest absolute Gasteiger partial charge is 0.119 e. The number of rotatable bonds is 7. The summed E-state index contributed by atoms with van der Waals surface area (Å²) >= 11 is 0. The molecule has 1 aromatic carbocycles. The van der Waals surface area contributed by atoms with E-state index in [1.54, 1.807) is 0 Å². The van der Waals surface area contributed by atoms with Crippen LogP contribution >= 0.6 is 0 Å². The van der Waals surface area contributed by atoms with Crippen LogP contribution in [-0.2, 0) is 0 Å². The first-order chi connectivity index (χ1) is 9.74. The van der Waals surface area contributed by atoms with E-state index in [-0.39, 0.29) is 0 Å². The number of hydrogen-bond acceptors (Lipinski definition) is 3. The van der Waals surface area contributed by atoms with Crippen LogP contribution in [0.2, 0.25) is 0 Å². The van der Waals surface area contributed by atoms with Gasteiger partial charge in [0.05, 0.1) is 12.7 Å². The van der Waals surface area contributed by atoms with Gasteiger partial charge in [0.2, 0.25) is 0 Å². The number of nitrogens with zero attached hydrogens (tertiary/aromatic N) is 1. The Balaban J connectivity index is 1.90. The van der Waals surface area contributed by atoms with Gasteiger partial charge in [-0.2, -0.15) is 0 Å². The number of ether oxygens (including phenoxy) is 1. The van der Waals surface area contributed by atoms with Crippen LogP contribution < -0.4 is 4.74 Å². The molecule has 1 aliphatic rings. The average molecular weight is 277 g/mol. The van der Waals surface area contributed by atoms with E-state index < -0.39 is 6.10 Å². The molecule has 0 bridgehead atoms. The monoisotopic (exact) mass is 277 g/mol. The van der Waals surface area contributed by atoms with Gasteiger partial charge in [0.25, 0.3) is 0 Å². The number of hydrogen-bond donors (Lipinski definition) is 1. The zero-order valence-corrected chi connectivity index (χ0v) is 12.7. The van der Waals surface area contributed by atoms with Crippen LogP contribution in [0.5, 0.6) is 5.75 Å². The average Bonchev–Trinajstić information content (AvgIpc) is 2.92. The highest BCUT2D eigenvalue weighted by Gasteiger charge is 2.25. The Kier molecular flexibility index (Phi) is 5.86. The topological polar surface area (TPSA) is 32.7 Å². The molecule has 0 amide bonds. The van der Waals surface area contributed by atoms with Gasteiger partial charge in [-0.1, -0.05) is 26.0 Å². The molecule has 20 heavy (non-hydrogen) atoms. The van der Waals surface area contributed by atoms with Crippen molar-refractivity contribution >= 4 is 0 Å². The first kappa shape index (κ1) is 15.3. The summed E-state index contributed by atoms with van der Waals surface area (Å²) < 4.78 is 5.57. The molecule has 3 heteroatoms. The van der Waals surface area contributed by atoms with Gasteiger partial charge in [0.15, 0.2) is 0 Å². The highest BCUT2D eigenvalue weighted by atomic mass is 16.5. The van der Waals surface area contributed by atoms with Gasteiger partial charge in [0.1, 0.15) is 5.75 Å². The largest absolute Gasteiger partial charge is 0.494 e. The Morgan fingerprint density at radius 1 is 1.30 bits per heavy atom. The summed E-state index contributed by atoms with van der Waals surface area (Å²) in [5.41, 5.74) is 0.982. The van der Waals surface area contributed by atoms with E-state index >= 15 is 0 Å². The molecule has 2 unspecified atom stereocenters. The first-order valence-electron chi connectivity index (χ1n) is 7.89. The Bertz CT molecular complexity index is 390. The highest BCUT2D eigenvalue weighted by Crippen LogP contribution is 2.24. The van der Waals surface area contributed by atoms with Crippen LogP contribution in [0.25, 0.3) is 0 Å². The molecule has 2 rings (SSSR count). The number of likely N-dealkylation sites (tertiary alicyclic amines) is 1. The van der Waals surface area contributed by atoms with Crippen molar-refractivity contribution in [3.63, 3.8) is 0 Å². The van der Waals surface area contributed by atoms with E-state index in [0.717, 1.165) is 37.4 Å². The van der Waals surface area contributed by atoms with Crippen molar-refractivity contribution in [1.82, 2.24) is 4.90 Å². The van der Waals surface area contributed by atoms with Gasteiger partial charge in [-0.05, 0) is 49.9 Å². The highest BCUT2D eigenvalue weighted by molar-refractivity contribution is 5.28. The Morgan fingerprint density at radius 2 is 2.05 bits per heavy atom. The lowest BCUT2D eigenvalue weighted by Crippen LogP contribution is -2.32. The van der Waals surface area contributed by atoms with E-state index in [1.165, 1.54) is 19.3 Å². The lowest BCUT2D eigenvalue weighted by molar-refractivity contribution is 0.105. The van der Waals surface area contributed by atoms with E-state index in [9.17, 15) is 5.11 Å². The maximum atomic E-state index is 10.4. The number of aliphatic hydroxyl groups is 1. The third-order valence-electron chi connectivity index (χ3n) is 4.12. The predicted molar refractivity (Wildman–Crippen MR) is 82.1 cm³/mol. The van der Waals surface area contributed by atoms with Crippen LogP contribution in [0.15, 0.2) is 24.3 Å². The standard InChI is InChI=1S/C17H27NO2/c1-3-12-20-16-9-7-14(8-10-16)17(19)13-18-11-5-6-15(18)4-2/h7-10,15,17,19H,3-6,11-13H2,1-2H3. The van der Waals surface area contributed by atoms with Crippen LogP contribution in [0, 0.1) is 0 Å². The quantitative estimate of drug-likeness (QED) is 0.829. The molecule has 1 fully saturated rings. The van der Waals surface area contributed by atoms with E-state index in [0.29, 0.717) is 6.04 Å². The Hall–Kier alpha value is -1.06. The maximum Gasteiger partial charge on any atom is 0.119 e. The van der Waals surface area contributed by atoms with Gasteiger partial charge in [0, 0.05) is 12.6 Å². The molecule has 0 spiro atoms. The second-order valence-corrected chi connectivity index (χ2v) is 5.63. The summed E-state index contributed by atoms with van der Waals surface area (Å²) in [6.45, 7) is 6.93. The van der Waals surface area contributed by atoms with Gasteiger partial charge in [-0.15, -0.1) is 0 Å². The minimum Gasteiger partial charge on any atom is -0.494 e. The van der Waals surface area contributed by atoms with Crippen molar-refractivity contribution in [1.29, 1.82) is 0 Å². The number of aliphatic hydroxyl groups excluding tert-OH is 1. The molecular weight excluding hydrogens is 250 g/mol. The summed E-state index contributed by atoms with van der Waals surface area (Å²) in [4.78, 5) is 2.42. The van der Waals surface area contributed by atoms with Gasteiger partial charge >= 0.3 is 0 Å². The third kappa shape index (κ3) is 3.97. The first-order valence-corrected chi connectivity index (χ1v) is 7.89. The minimum atomic E-state index is -0.401. The lowest BCUT2D eigenvalue weighted by atomic mass is 10.1. The third-order valence-corrected chi connectivity index (χ3v) is 4.12. The molecule has 2 atom stereocenters. The molecule has 1 aromatic rings. The van der Waals surface area contributed by atoms with Crippen molar-refractivity contribution in [2.75, 3.05) is 19.7 Å². The van der Waals surface area contributed by atoms with Gasteiger partial charge < -0.3 is 9.84 Å². The number of benzene rings is 1. The fraction of sp³-hybridized carbons (Fsp3) is 0.647.